The molecule has 0 bridgehead atoms. The lowest BCUT2D eigenvalue weighted by Crippen LogP contribution is -2.33. The Balaban J connectivity index is 2.11. The van der Waals surface area contributed by atoms with E-state index in [2.05, 4.69) is 13.0 Å². The molecular formula is C19H22O4. The van der Waals surface area contributed by atoms with Gasteiger partial charge in [0, 0.05) is 0 Å². The Labute approximate surface area is 136 Å². The summed E-state index contributed by atoms with van der Waals surface area (Å²) in [7, 11) is 4.98. The normalized spacial score (nSPS) is 19.8. The van der Waals surface area contributed by atoms with Crippen LogP contribution in [0.2, 0.25) is 0 Å². The second-order valence-corrected chi connectivity index (χ2v) is 5.72. The molecule has 0 spiro atoms. The third-order valence-electron chi connectivity index (χ3n) is 4.53. The van der Waals surface area contributed by atoms with Gasteiger partial charge in [0.05, 0.1) is 27.9 Å². The topological polar surface area (TPSA) is 36.9 Å². The van der Waals surface area contributed by atoms with Gasteiger partial charge in [-0.1, -0.05) is 12.1 Å². The van der Waals surface area contributed by atoms with E-state index in [4.69, 9.17) is 18.9 Å². The van der Waals surface area contributed by atoms with Crippen molar-refractivity contribution in [1.29, 1.82) is 0 Å². The predicted octanol–water partition coefficient (Wildman–Crippen LogP) is 3.55. The quantitative estimate of drug-likeness (QED) is 0.865. The van der Waals surface area contributed by atoms with Crippen molar-refractivity contribution in [2.45, 2.75) is 18.9 Å². The Kier molecular flexibility index (Phi) is 4.18. The minimum absolute atomic E-state index is 0.514. The summed E-state index contributed by atoms with van der Waals surface area (Å²) in [4.78, 5) is 0. The maximum absolute atomic E-state index is 6.19. The van der Waals surface area contributed by atoms with E-state index in [9.17, 15) is 0 Å². The van der Waals surface area contributed by atoms with Gasteiger partial charge in [0.15, 0.2) is 11.5 Å². The molecule has 122 valence electrons. The fraction of sp³-hybridized carbons (Fsp3) is 0.368. The van der Waals surface area contributed by atoms with Crippen LogP contribution in [0.4, 0.5) is 0 Å². The first-order valence-corrected chi connectivity index (χ1v) is 7.66. The van der Waals surface area contributed by atoms with E-state index in [-0.39, 0.29) is 0 Å². The summed E-state index contributed by atoms with van der Waals surface area (Å²) in [5, 5.41) is 0. The first kappa shape index (κ1) is 15.7. The van der Waals surface area contributed by atoms with E-state index >= 15 is 0 Å². The van der Waals surface area contributed by atoms with Crippen LogP contribution in [0.3, 0.4) is 0 Å². The van der Waals surface area contributed by atoms with Crippen LogP contribution in [-0.2, 0) is 16.8 Å². The van der Waals surface area contributed by atoms with Gasteiger partial charge in [0.25, 0.3) is 0 Å². The summed E-state index contributed by atoms with van der Waals surface area (Å²) in [5.74, 6) is 2.31. The van der Waals surface area contributed by atoms with Gasteiger partial charge in [-0.3, -0.25) is 0 Å². The molecule has 4 nitrogen and oxygen atoms in total. The minimum Gasteiger partial charge on any atom is -0.497 e. The Morgan fingerprint density at radius 2 is 1.57 bits per heavy atom. The largest absolute Gasteiger partial charge is 0.497 e. The maximum Gasteiger partial charge on any atom is 0.161 e. The van der Waals surface area contributed by atoms with Gasteiger partial charge in [-0.05, 0) is 54.3 Å². The Hall–Kier alpha value is -2.20. The van der Waals surface area contributed by atoms with Crippen LogP contribution in [0.5, 0.6) is 17.2 Å². The molecule has 0 unspecified atom stereocenters. The summed E-state index contributed by atoms with van der Waals surface area (Å²) in [6.07, 6.45) is 0.863. The third-order valence-corrected chi connectivity index (χ3v) is 4.53. The lowest BCUT2D eigenvalue weighted by Gasteiger charge is -2.37. The van der Waals surface area contributed by atoms with Gasteiger partial charge >= 0.3 is 0 Å². The molecule has 0 N–H and O–H groups in total. The molecule has 2 aromatic rings. The third kappa shape index (κ3) is 2.63. The van der Waals surface area contributed by atoms with E-state index in [1.54, 1.807) is 21.3 Å². The van der Waals surface area contributed by atoms with Crippen molar-refractivity contribution >= 4 is 0 Å². The molecule has 1 aliphatic rings. The van der Waals surface area contributed by atoms with Gasteiger partial charge in [-0.2, -0.15) is 0 Å². The average molecular weight is 314 g/mol. The zero-order chi connectivity index (χ0) is 16.4. The molecule has 0 amide bonds. The van der Waals surface area contributed by atoms with Crippen molar-refractivity contribution in [3.05, 3.63) is 53.1 Å². The SMILES string of the molecule is COc1ccc([C@@]2(C)OCCc3cc(OC)c(OC)cc32)cc1. The van der Waals surface area contributed by atoms with Crippen molar-refractivity contribution in [2.24, 2.45) is 0 Å². The number of ether oxygens (including phenoxy) is 4. The van der Waals surface area contributed by atoms with Gasteiger partial charge in [-0.15, -0.1) is 0 Å². The molecule has 0 aromatic heterocycles. The monoisotopic (exact) mass is 314 g/mol. The highest BCUT2D eigenvalue weighted by Gasteiger charge is 2.36. The fourth-order valence-corrected chi connectivity index (χ4v) is 3.16. The van der Waals surface area contributed by atoms with Gasteiger partial charge in [0.1, 0.15) is 11.4 Å². The summed E-state index contributed by atoms with van der Waals surface area (Å²) < 4.78 is 22.3. The predicted molar refractivity (Wildman–Crippen MR) is 88.7 cm³/mol. The smallest absolute Gasteiger partial charge is 0.161 e. The minimum atomic E-state index is -0.514. The van der Waals surface area contributed by atoms with Crippen molar-refractivity contribution in [3.63, 3.8) is 0 Å². The van der Waals surface area contributed by atoms with E-state index in [0.29, 0.717) is 6.61 Å². The van der Waals surface area contributed by atoms with E-state index in [1.165, 1.54) is 5.56 Å². The first-order chi connectivity index (χ1) is 11.1. The Morgan fingerprint density at radius 3 is 2.17 bits per heavy atom. The van der Waals surface area contributed by atoms with Crippen molar-refractivity contribution in [2.75, 3.05) is 27.9 Å². The van der Waals surface area contributed by atoms with E-state index in [0.717, 1.165) is 34.8 Å². The van der Waals surface area contributed by atoms with Crippen molar-refractivity contribution in [3.8, 4) is 17.2 Å². The van der Waals surface area contributed by atoms with Crippen LogP contribution in [0.25, 0.3) is 0 Å². The molecule has 0 radical (unpaired) electrons. The summed E-state index contributed by atoms with van der Waals surface area (Å²) in [6.45, 7) is 2.77. The highest BCUT2D eigenvalue weighted by molar-refractivity contribution is 5.53. The standard InChI is InChI=1S/C19H22O4/c1-19(14-5-7-15(20-2)8-6-14)16-12-18(22-4)17(21-3)11-13(16)9-10-23-19/h5-8,11-12H,9-10H2,1-4H3/t19-/m1/s1. The second-order valence-electron chi connectivity index (χ2n) is 5.72. The molecule has 0 saturated heterocycles. The molecule has 4 heteroatoms. The average Bonchev–Trinajstić information content (AvgIpc) is 2.61. The Bertz CT molecular complexity index is 693. The molecule has 0 fully saturated rings. The Morgan fingerprint density at radius 1 is 0.913 bits per heavy atom. The molecule has 1 aliphatic heterocycles. The number of benzene rings is 2. The second kappa shape index (κ2) is 6.13. The highest BCUT2D eigenvalue weighted by Crippen LogP contribution is 2.43. The van der Waals surface area contributed by atoms with Gasteiger partial charge in [0.2, 0.25) is 0 Å². The van der Waals surface area contributed by atoms with Crippen LogP contribution >= 0.6 is 0 Å². The molecule has 0 aliphatic carbocycles. The van der Waals surface area contributed by atoms with Crippen LogP contribution < -0.4 is 14.2 Å². The van der Waals surface area contributed by atoms with Gasteiger partial charge in [-0.25, -0.2) is 0 Å². The number of fused-ring (bicyclic) bond motifs is 1. The maximum atomic E-state index is 6.19. The van der Waals surface area contributed by atoms with Crippen LogP contribution in [0, 0.1) is 0 Å². The first-order valence-electron chi connectivity index (χ1n) is 7.66. The zero-order valence-electron chi connectivity index (χ0n) is 14.0. The van der Waals surface area contributed by atoms with E-state index in [1.807, 2.05) is 30.3 Å². The van der Waals surface area contributed by atoms with Crippen LogP contribution in [0.1, 0.15) is 23.6 Å². The molecule has 0 saturated carbocycles. The molecule has 1 atom stereocenters. The summed E-state index contributed by atoms with van der Waals surface area (Å²) in [5.41, 5.74) is 2.92. The van der Waals surface area contributed by atoms with Crippen molar-refractivity contribution in [1.82, 2.24) is 0 Å². The number of hydrogen-bond donors (Lipinski definition) is 0. The number of methoxy groups -OCH3 is 3. The van der Waals surface area contributed by atoms with E-state index < -0.39 is 5.60 Å². The van der Waals surface area contributed by atoms with Crippen LogP contribution in [-0.4, -0.2) is 27.9 Å². The molecular weight excluding hydrogens is 292 g/mol. The van der Waals surface area contributed by atoms with Crippen LogP contribution in [0.15, 0.2) is 36.4 Å². The van der Waals surface area contributed by atoms with Crippen molar-refractivity contribution < 1.29 is 18.9 Å². The zero-order valence-corrected chi connectivity index (χ0v) is 14.0. The van der Waals surface area contributed by atoms with Gasteiger partial charge < -0.3 is 18.9 Å². The molecule has 1 heterocycles. The summed E-state index contributed by atoms with van der Waals surface area (Å²) in [6, 6.07) is 12.1. The molecule has 2 aromatic carbocycles. The lowest BCUT2D eigenvalue weighted by atomic mass is 9.82. The lowest BCUT2D eigenvalue weighted by molar-refractivity contribution is -0.0144. The number of rotatable bonds is 4. The summed E-state index contributed by atoms with van der Waals surface area (Å²) >= 11 is 0. The highest BCUT2D eigenvalue weighted by atomic mass is 16.5. The molecule has 3 rings (SSSR count). The fourth-order valence-electron chi connectivity index (χ4n) is 3.16. The number of hydrogen-bond acceptors (Lipinski definition) is 4. The molecule has 23 heavy (non-hydrogen) atoms.